The number of benzene rings is 2. The molecule has 2 aliphatic carbocycles. The van der Waals surface area contributed by atoms with Crippen molar-refractivity contribution in [2.75, 3.05) is 33.4 Å². The number of aromatic hydroxyl groups is 2. The number of methoxy groups -OCH3 is 1. The van der Waals surface area contributed by atoms with Crippen LogP contribution in [-0.2, 0) is 16.0 Å². The number of hydrogen-bond acceptors (Lipinski definition) is 9. The van der Waals surface area contributed by atoms with E-state index in [0.717, 1.165) is 0 Å². The summed E-state index contributed by atoms with van der Waals surface area (Å²) in [5.41, 5.74) is -1.98. The van der Waals surface area contributed by atoms with Crippen molar-refractivity contribution in [2.24, 2.45) is 0 Å². The first-order chi connectivity index (χ1) is 16.2. The molecule has 1 aliphatic heterocycles. The fourth-order valence-electron chi connectivity index (χ4n) is 5.41. The first-order valence-electron chi connectivity index (χ1n) is 11.1. The molecule has 0 bridgehead atoms. The van der Waals surface area contributed by atoms with Crippen LogP contribution < -0.4 is 4.74 Å². The van der Waals surface area contributed by atoms with Crippen molar-refractivity contribution in [3.63, 3.8) is 0 Å². The molecule has 5 rings (SSSR count). The van der Waals surface area contributed by atoms with Gasteiger partial charge in [-0.2, -0.15) is 0 Å². The number of rotatable bonds is 3. The minimum atomic E-state index is -1.79. The summed E-state index contributed by atoms with van der Waals surface area (Å²) in [6.45, 7) is 3.06. The first-order valence-corrected chi connectivity index (χ1v) is 11.1. The molecule has 2 unspecified atom stereocenters. The van der Waals surface area contributed by atoms with Crippen LogP contribution in [0.4, 0.5) is 0 Å². The molecule has 2 aromatic rings. The molecule has 0 saturated carbocycles. The van der Waals surface area contributed by atoms with Gasteiger partial charge in [0, 0.05) is 48.7 Å². The molecule has 0 radical (unpaired) electrons. The Kier molecular flexibility index (Phi) is 5.23. The Hall–Kier alpha value is -3.27. The monoisotopic (exact) mass is 467 g/mol. The number of morpholine rings is 1. The number of ether oxygens (including phenoxy) is 2. The number of phenols is 2. The van der Waals surface area contributed by atoms with Crippen molar-refractivity contribution in [2.45, 2.75) is 31.4 Å². The van der Waals surface area contributed by atoms with Crippen LogP contribution in [0.3, 0.4) is 0 Å². The second kappa shape index (κ2) is 7.90. The lowest BCUT2D eigenvalue weighted by atomic mass is 9.71. The average Bonchev–Trinajstić information content (AvgIpc) is 2.84. The van der Waals surface area contributed by atoms with Gasteiger partial charge in [-0.15, -0.1) is 0 Å². The second-order valence-electron chi connectivity index (χ2n) is 9.01. The second-order valence-corrected chi connectivity index (χ2v) is 9.01. The predicted molar refractivity (Wildman–Crippen MR) is 119 cm³/mol. The zero-order valence-electron chi connectivity index (χ0n) is 18.9. The summed E-state index contributed by atoms with van der Waals surface area (Å²) >= 11 is 0. The average molecular weight is 467 g/mol. The number of Topliss-reactive ketones (excluding diaryl/α,β-unsaturated/α-hetero) is 1. The highest BCUT2D eigenvalue weighted by Gasteiger charge is 2.49. The number of hydrogen-bond donors (Lipinski definition) is 3. The Morgan fingerprint density at radius 1 is 1.09 bits per heavy atom. The molecule has 1 fully saturated rings. The molecule has 0 aromatic heterocycles. The van der Waals surface area contributed by atoms with Gasteiger partial charge in [0.25, 0.3) is 0 Å². The van der Waals surface area contributed by atoms with Crippen molar-refractivity contribution < 1.29 is 39.2 Å². The van der Waals surface area contributed by atoms with Gasteiger partial charge in [-0.05, 0) is 13.0 Å². The standard InChI is InChI=1S/C25H25NO8/c1-12(27)25(32)10-14-17(15(11-25)26-6-8-34-9-7-26)23(30)20-19(22(14)29)21(28)13-4-3-5-16(33-2)18(13)24(20)31/h3-5,15,29-30,32H,6-11H2,1-2H3. The Balaban J connectivity index is 1.78. The molecule has 2 atom stereocenters. The van der Waals surface area contributed by atoms with Gasteiger partial charge in [-0.3, -0.25) is 19.3 Å². The largest absolute Gasteiger partial charge is 0.507 e. The number of phenolic OH excluding ortho intramolecular Hbond substituents is 2. The zero-order valence-corrected chi connectivity index (χ0v) is 18.9. The molecule has 178 valence electrons. The third-order valence-electron chi connectivity index (χ3n) is 7.24. The predicted octanol–water partition coefficient (Wildman–Crippen LogP) is 1.52. The quantitative estimate of drug-likeness (QED) is 0.490. The molecule has 9 nitrogen and oxygen atoms in total. The maximum absolute atomic E-state index is 13.6. The Morgan fingerprint density at radius 3 is 2.41 bits per heavy atom. The first kappa shape index (κ1) is 22.5. The maximum atomic E-state index is 13.6. The van der Waals surface area contributed by atoms with Crippen molar-refractivity contribution >= 4 is 17.3 Å². The fourth-order valence-corrected chi connectivity index (χ4v) is 5.41. The summed E-state index contributed by atoms with van der Waals surface area (Å²) in [5.74, 6) is -2.48. The highest BCUT2D eigenvalue weighted by Crippen LogP contribution is 2.52. The van der Waals surface area contributed by atoms with Crippen LogP contribution >= 0.6 is 0 Å². The number of ketones is 3. The normalized spacial score (nSPS) is 24.3. The zero-order chi connectivity index (χ0) is 24.4. The van der Waals surface area contributed by atoms with E-state index in [4.69, 9.17) is 9.47 Å². The van der Waals surface area contributed by atoms with Gasteiger partial charge >= 0.3 is 0 Å². The number of nitrogens with zero attached hydrogens (tertiary/aromatic N) is 1. The van der Waals surface area contributed by atoms with Gasteiger partial charge < -0.3 is 24.8 Å². The van der Waals surface area contributed by atoms with Gasteiger partial charge in [0.05, 0.1) is 37.0 Å². The molecule has 3 aliphatic rings. The molecule has 34 heavy (non-hydrogen) atoms. The highest BCUT2D eigenvalue weighted by molar-refractivity contribution is 6.31. The van der Waals surface area contributed by atoms with Crippen LogP contribution in [0.5, 0.6) is 17.2 Å². The maximum Gasteiger partial charge on any atom is 0.202 e. The van der Waals surface area contributed by atoms with Gasteiger partial charge in [-0.1, -0.05) is 12.1 Å². The molecular formula is C25H25NO8. The number of aliphatic hydroxyl groups is 1. The lowest BCUT2D eigenvalue weighted by molar-refractivity contribution is -0.139. The van der Waals surface area contributed by atoms with Crippen molar-refractivity contribution in [1.82, 2.24) is 4.90 Å². The minimum absolute atomic E-state index is 0.0242. The highest BCUT2D eigenvalue weighted by atomic mass is 16.5. The smallest absolute Gasteiger partial charge is 0.202 e. The summed E-state index contributed by atoms with van der Waals surface area (Å²) in [6, 6.07) is 3.90. The minimum Gasteiger partial charge on any atom is -0.507 e. The van der Waals surface area contributed by atoms with Crippen LogP contribution in [0, 0.1) is 0 Å². The number of carbonyl (C=O) groups excluding carboxylic acids is 3. The third-order valence-corrected chi connectivity index (χ3v) is 7.24. The van der Waals surface area contributed by atoms with Crippen molar-refractivity contribution in [1.29, 1.82) is 0 Å². The summed E-state index contributed by atoms with van der Waals surface area (Å²) in [6.07, 6.45) is -0.305. The van der Waals surface area contributed by atoms with E-state index in [1.54, 1.807) is 12.1 Å². The SMILES string of the molecule is COc1cccc2c1C(=O)c1c(O)c3c(c(O)c1C2=O)CC(O)(C(C)=O)CC3N1CCOCC1. The lowest BCUT2D eigenvalue weighted by Gasteiger charge is -2.44. The molecule has 1 heterocycles. The number of fused-ring (bicyclic) bond motifs is 3. The topological polar surface area (TPSA) is 134 Å². The van der Waals surface area contributed by atoms with E-state index in [9.17, 15) is 29.7 Å². The van der Waals surface area contributed by atoms with E-state index in [2.05, 4.69) is 0 Å². The van der Waals surface area contributed by atoms with Crippen LogP contribution in [0.25, 0.3) is 0 Å². The summed E-state index contributed by atoms with van der Waals surface area (Å²) in [7, 11) is 1.38. The summed E-state index contributed by atoms with van der Waals surface area (Å²) in [4.78, 5) is 41.4. The Labute approximate surface area is 195 Å². The Bertz CT molecular complexity index is 1250. The van der Waals surface area contributed by atoms with E-state index in [1.807, 2.05) is 4.90 Å². The van der Waals surface area contributed by atoms with Gasteiger partial charge in [-0.25, -0.2) is 0 Å². The van der Waals surface area contributed by atoms with Crippen LogP contribution in [0.1, 0.15) is 62.4 Å². The van der Waals surface area contributed by atoms with Crippen LogP contribution in [0.15, 0.2) is 18.2 Å². The van der Waals surface area contributed by atoms with E-state index in [-0.39, 0.29) is 52.0 Å². The lowest BCUT2D eigenvalue weighted by Crippen LogP contribution is -2.50. The fraction of sp³-hybridized carbons (Fsp3) is 0.400. The summed E-state index contributed by atoms with van der Waals surface area (Å²) in [5, 5.41) is 33.9. The van der Waals surface area contributed by atoms with E-state index in [0.29, 0.717) is 26.3 Å². The molecule has 0 spiro atoms. The molecule has 2 aromatic carbocycles. The molecule has 3 N–H and O–H groups in total. The molecule has 1 saturated heterocycles. The summed E-state index contributed by atoms with van der Waals surface area (Å²) < 4.78 is 10.7. The van der Waals surface area contributed by atoms with E-state index < -0.39 is 40.5 Å². The van der Waals surface area contributed by atoms with Gasteiger partial charge in [0.15, 0.2) is 11.6 Å². The van der Waals surface area contributed by atoms with Crippen molar-refractivity contribution in [3.05, 3.63) is 51.6 Å². The van der Waals surface area contributed by atoms with E-state index in [1.165, 1.54) is 20.1 Å². The third kappa shape index (κ3) is 3.08. The molecular weight excluding hydrogens is 442 g/mol. The van der Waals surface area contributed by atoms with Crippen LogP contribution in [0.2, 0.25) is 0 Å². The Morgan fingerprint density at radius 2 is 1.76 bits per heavy atom. The van der Waals surface area contributed by atoms with Crippen molar-refractivity contribution in [3.8, 4) is 17.2 Å². The number of carbonyl (C=O) groups is 3. The van der Waals surface area contributed by atoms with Gasteiger partial charge in [0.2, 0.25) is 5.78 Å². The molecule has 9 heteroatoms. The van der Waals surface area contributed by atoms with Gasteiger partial charge in [0.1, 0.15) is 22.8 Å². The van der Waals surface area contributed by atoms with Crippen LogP contribution in [-0.4, -0.2) is 76.6 Å². The molecule has 0 amide bonds. The van der Waals surface area contributed by atoms with E-state index >= 15 is 0 Å².